The van der Waals surface area contributed by atoms with Gasteiger partial charge in [0, 0.05) is 19.0 Å². The molecule has 1 aliphatic carbocycles. The molecule has 0 bridgehead atoms. The number of nitrogens with two attached hydrogens (primary N) is 1. The van der Waals surface area contributed by atoms with E-state index in [4.69, 9.17) is 17.3 Å². The van der Waals surface area contributed by atoms with E-state index in [-0.39, 0.29) is 16.7 Å². The number of hydrogen-bond acceptors (Lipinski definition) is 5. The Morgan fingerprint density at radius 1 is 1.53 bits per heavy atom. The molecule has 0 radical (unpaired) electrons. The van der Waals surface area contributed by atoms with Crippen LogP contribution in [-0.2, 0) is 4.79 Å². The number of rotatable bonds is 5. The highest BCUT2D eigenvalue weighted by molar-refractivity contribution is 6.35. The maximum absolute atomic E-state index is 11.4. The highest BCUT2D eigenvalue weighted by Crippen LogP contribution is 2.23. The number of amides is 1. The number of aromatic nitrogens is 2. The second kappa shape index (κ2) is 5.18. The summed E-state index contributed by atoms with van der Waals surface area (Å²) < 4.78 is 0. The fourth-order valence-electron chi connectivity index (χ4n) is 1.33. The van der Waals surface area contributed by atoms with Gasteiger partial charge in [-0.2, -0.15) is 0 Å². The molecule has 4 N–H and O–H groups in total. The van der Waals surface area contributed by atoms with Crippen molar-refractivity contribution in [3.05, 3.63) is 11.3 Å². The molecule has 0 aliphatic heterocycles. The number of hydrogen-bond donors (Lipinski definition) is 3. The van der Waals surface area contributed by atoms with Crippen LogP contribution in [0.3, 0.4) is 0 Å². The third-order valence-corrected chi connectivity index (χ3v) is 2.78. The second-order valence-electron chi connectivity index (χ2n) is 3.94. The lowest BCUT2D eigenvalue weighted by molar-refractivity contribution is -0.120. The lowest BCUT2D eigenvalue weighted by Gasteiger charge is -2.08. The maximum Gasteiger partial charge on any atom is 0.221 e. The number of halogens is 1. The molecule has 0 unspecified atom stereocenters. The van der Waals surface area contributed by atoms with Crippen LogP contribution < -0.4 is 16.4 Å². The maximum atomic E-state index is 11.4. The first-order valence-corrected chi connectivity index (χ1v) is 5.84. The predicted octanol–water partition coefficient (Wildman–Crippen LogP) is 0.793. The Hall–Kier alpha value is -1.56. The van der Waals surface area contributed by atoms with Gasteiger partial charge < -0.3 is 16.4 Å². The summed E-state index contributed by atoms with van der Waals surface area (Å²) >= 11 is 5.89. The van der Waals surface area contributed by atoms with Gasteiger partial charge in [0.2, 0.25) is 5.91 Å². The Balaban J connectivity index is 1.77. The van der Waals surface area contributed by atoms with Gasteiger partial charge in [-0.1, -0.05) is 11.6 Å². The van der Waals surface area contributed by atoms with Crippen molar-refractivity contribution in [1.82, 2.24) is 15.3 Å². The average Bonchev–Trinajstić information content (AvgIpc) is 3.08. The molecule has 6 nitrogen and oxygen atoms in total. The largest absolute Gasteiger partial charge is 0.382 e. The van der Waals surface area contributed by atoms with Crippen LogP contribution >= 0.6 is 11.6 Å². The molecule has 7 heteroatoms. The van der Waals surface area contributed by atoms with Crippen molar-refractivity contribution in [2.45, 2.75) is 25.3 Å². The Morgan fingerprint density at radius 3 is 3.00 bits per heavy atom. The predicted molar refractivity (Wildman–Crippen MR) is 65.7 cm³/mol. The number of nitrogens with zero attached hydrogens (tertiary/aromatic N) is 2. The van der Waals surface area contributed by atoms with Crippen molar-refractivity contribution in [3.8, 4) is 0 Å². The fraction of sp³-hybridized carbons (Fsp3) is 0.500. The van der Waals surface area contributed by atoms with E-state index in [0.29, 0.717) is 24.8 Å². The van der Waals surface area contributed by atoms with Crippen molar-refractivity contribution in [2.75, 3.05) is 17.6 Å². The van der Waals surface area contributed by atoms with E-state index in [1.807, 2.05) is 0 Å². The third kappa shape index (κ3) is 3.45. The van der Waals surface area contributed by atoms with Gasteiger partial charge in [-0.25, -0.2) is 9.97 Å². The van der Waals surface area contributed by atoms with Crippen LogP contribution in [0, 0.1) is 0 Å². The van der Waals surface area contributed by atoms with Crippen LogP contribution in [0.2, 0.25) is 5.02 Å². The standard InChI is InChI=1S/C10H14ClN5O/c11-8-9(12)14-5-15-10(8)13-4-3-7(17)16-6-1-2-6/h5-6H,1-4H2,(H,16,17)(H3,12,13,14,15). The lowest BCUT2D eigenvalue weighted by atomic mass is 10.4. The van der Waals surface area contributed by atoms with E-state index in [2.05, 4.69) is 20.6 Å². The summed E-state index contributed by atoms with van der Waals surface area (Å²) in [5.41, 5.74) is 5.52. The number of carbonyl (C=O) groups excluding carboxylic acids is 1. The van der Waals surface area contributed by atoms with E-state index in [9.17, 15) is 4.79 Å². The van der Waals surface area contributed by atoms with Crippen molar-refractivity contribution >= 4 is 29.1 Å². The molecule has 1 saturated carbocycles. The Bertz CT molecular complexity index is 421. The minimum Gasteiger partial charge on any atom is -0.382 e. The van der Waals surface area contributed by atoms with Gasteiger partial charge in [-0.05, 0) is 12.8 Å². The molecule has 1 aromatic rings. The molecule has 1 aromatic heterocycles. The van der Waals surface area contributed by atoms with Crippen molar-refractivity contribution in [3.63, 3.8) is 0 Å². The van der Waals surface area contributed by atoms with Crippen LogP contribution in [0.4, 0.5) is 11.6 Å². The molecular weight excluding hydrogens is 242 g/mol. The first kappa shape index (κ1) is 11.9. The molecule has 0 spiro atoms. The number of nitrogen functional groups attached to an aromatic ring is 1. The molecule has 0 atom stereocenters. The molecule has 1 amide bonds. The normalized spacial score (nSPS) is 14.4. The summed E-state index contributed by atoms with van der Waals surface area (Å²) in [5.74, 6) is 0.725. The average molecular weight is 256 g/mol. The molecule has 17 heavy (non-hydrogen) atoms. The Morgan fingerprint density at radius 2 is 2.29 bits per heavy atom. The van der Waals surface area contributed by atoms with Gasteiger partial charge in [0.15, 0.2) is 0 Å². The highest BCUT2D eigenvalue weighted by atomic mass is 35.5. The van der Waals surface area contributed by atoms with Gasteiger partial charge in [0.25, 0.3) is 0 Å². The van der Waals surface area contributed by atoms with Gasteiger partial charge in [0.1, 0.15) is 23.0 Å². The first-order chi connectivity index (χ1) is 8.16. The zero-order chi connectivity index (χ0) is 12.3. The topological polar surface area (TPSA) is 92.9 Å². The van der Waals surface area contributed by atoms with Crippen molar-refractivity contribution < 1.29 is 4.79 Å². The van der Waals surface area contributed by atoms with Crippen LogP contribution in [0.5, 0.6) is 0 Å². The van der Waals surface area contributed by atoms with E-state index >= 15 is 0 Å². The van der Waals surface area contributed by atoms with Crippen LogP contribution in [0.15, 0.2) is 6.33 Å². The molecule has 1 fully saturated rings. The van der Waals surface area contributed by atoms with E-state index in [1.165, 1.54) is 6.33 Å². The zero-order valence-corrected chi connectivity index (χ0v) is 10.00. The van der Waals surface area contributed by atoms with E-state index in [1.54, 1.807) is 0 Å². The quantitative estimate of drug-likeness (QED) is 0.723. The van der Waals surface area contributed by atoms with Gasteiger partial charge in [-0.3, -0.25) is 4.79 Å². The van der Waals surface area contributed by atoms with E-state index < -0.39 is 0 Å². The van der Waals surface area contributed by atoms with Crippen molar-refractivity contribution in [2.24, 2.45) is 0 Å². The van der Waals surface area contributed by atoms with Crippen LogP contribution in [-0.4, -0.2) is 28.5 Å². The van der Waals surface area contributed by atoms with E-state index in [0.717, 1.165) is 12.8 Å². The molecular formula is C10H14ClN5O. The zero-order valence-electron chi connectivity index (χ0n) is 9.24. The minimum atomic E-state index is 0.0400. The highest BCUT2D eigenvalue weighted by Gasteiger charge is 2.22. The number of anilines is 2. The number of carbonyl (C=O) groups is 1. The molecule has 1 heterocycles. The smallest absolute Gasteiger partial charge is 0.221 e. The summed E-state index contributed by atoms with van der Waals surface area (Å²) in [6, 6.07) is 0.390. The lowest BCUT2D eigenvalue weighted by Crippen LogP contribution is -2.27. The molecule has 0 aromatic carbocycles. The van der Waals surface area contributed by atoms with Crippen molar-refractivity contribution in [1.29, 1.82) is 0 Å². The monoisotopic (exact) mass is 255 g/mol. The summed E-state index contributed by atoms with van der Waals surface area (Å²) in [6.07, 6.45) is 3.89. The van der Waals surface area contributed by atoms with Crippen LogP contribution in [0.25, 0.3) is 0 Å². The molecule has 2 rings (SSSR count). The van der Waals surface area contributed by atoms with Crippen LogP contribution in [0.1, 0.15) is 19.3 Å². The fourth-order valence-corrected chi connectivity index (χ4v) is 1.49. The second-order valence-corrected chi connectivity index (χ2v) is 4.32. The Labute approximate surface area is 104 Å². The third-order valence-electron chi connectivity index (χ3n) is 2.40. The first-order valence-electron chi connectivity index (χ1n) is 5.46. The van der Waals surface area contributed by atoms with Gasteiger partial charge in [0.05, 0.1) is 0 Å². The Kier molecular flexibility index (Phi) is 3.63. The molecule has 1 aliphatic rings. The number of nitrogens with one attached hydrogen (secondary N) is 2. The molecule has 0 saturated heterocycles. The van der Waals surface area contributed by atoms with Gasteiger partial charge in [-0.15, -0.1) is 0 Å². The summed E-state index contributed by atoms with van der Waals surface area (Å²) in [7, 11) is 0. The molecule has 92 valence electrons. The summed E-state index contributed by atoms with van der Waals surface area (Å²) in [5, 5.41) is 6.14. The summed E-state index contributed by atoms with van der Waals surface area (Å²) in [4.78, 5) is 19.1. The van der Waals surface area contributed by atoms with Gasteiger partial charge >= 0.3 is 0 Å². The minimum absolute atomic E-state index is 0.0400. The SMILES string of the molecule is Nc1ncnc(NCCC(=O)NC2CC2)c1Cl. The summed E-state index contributed by atoms with van der Waals surface area (Å²) in [6.45, 7) is 0.467.